The number of H-pyrrole nitrogens is 1. The molecule has 1 aliphatic heterocycles. The molecule has 0 aromatic carbocycles. The number of ether oxygens (including phenoxy) is 1. The average Bonchev–Trinajstić information content (AvgIpc) is 2.91. The van der Waals surface area contributed by atoms with Crippen molar-refractivity contribution in [3.8, 4) is 11.3 Å². The monoisotopic (exact) mass is 312 g/mol. The Morgan fingerprint density at radius 1 is 1.22 bits per heavy atom. The molecule has 0 bridgehead atoms. The Labute approximate surface area is 131 Å². The number of nitrogens with two attached hydrogens (primary N) is 1. The van der Waals surface area contributed by atoms with Crippen LogP contribution < -0.4 is 11.4 Å². The van der Waals surface area contributed by atoms with Crippen LogP contribution in [0.4, 0.5) is 5.95 Å². The number of nitrogen functional groups attached to an aromatic ring is 1. The summed E-state index contributed by atoms with van der Waals surface area (Å²) in [7, 11) is 0. The number of nitrogens with zero attached hydrogens (tertiary/aromatic N) is 4. The number of rotatable bonds is 2. The number of aromatic nitrogens is 5. The van der Waals surface area contributed by atoms with Crippen LogP contribution in [0.15, 0.2) is 29.3 Å². The molecule has 1 fully saturated rings. The first kappa shape index (κ1) is 13.9. The predicted molar refractivity (Wildman–Crippen MR) is 84.9 cm³/mol. The smallest absolute Gasteiger partial charge is 0.327 e. The molecule has 8 heteroatoms. The highest BCUT2D eigenvalue weighted by Gasteiger charge is 2.23. The van der Waals surface area contributed by atoms with Crippen LogP contribution in [-0.4, -0.2) is 37.7 Å². The largest absolute Gasteiger partial charge is 0.381 e. The third kappa shape index (κ3) is 2.36. The SMILES string of the molecule is Nc1nc(-c2ccncc2)c2[nH]c(=O)n(C3CCOCC3)c2n1. The molecule has 0 spiro atoms. The lowest BCUT2D eigenvalue weighted by molar-refractivity contribution is 0.0697. The molecule has 8 nitrogen and oxygen atoms in total. The van der Waals surface area contributed by atoms with Crippen LogP contribution in [0.2, 0.25) is 0 Å². The summed E-state index contributed by atoms with van der Waals surface area (Å²) in [6, 6.07) is 3.71. The van der Waals surface area contributed by atoms with E-state index >= 15 is 0 Å². The molecule has 1 saturated heterocycles. The van der Waals surface area contributed by atoms with Gasteiger partial charge in [-0.05, 0) is 25.0 Å². The Hall–Kier alpha value is -2.74. The molecule has 4 rings (SSSR count). The van der Waals surface area contributed by atoms with Gasteiger partial charge in [-0.1, -0.05) is 0 Å². The Morgan fingerprint density at radius 3 is 2.70 bits per heavy atom. The lowest BCUT2D eigenvalue weighted by Gasteiger charge is -2.22. The number of nitrogens with one attached hydrogen (secondary N) is 1. The van der Waals surface area contributed by atoms with E-state index < -0.39 is 0 Å². The average molecular weight is 312 g/mol. The molecule has 118 valence electrons. The summed E-state index contributed by atoms with van der Waals surface area (Å²) in [4.78, 5) is 28.0. The summed E-state index contributed by atoms with van der Waals surface area (Å²) in [5.41, 5.74) is 8.27. The highest BCUT2D eigenvalue weighted by atomic mass is 16.5. The van der Waals surface area contributed by atoms with E-state index in [1.165, 1.54) is 0 Å². The van der Waals surface area contributed by atoms with Gasteiger partial charge in [0.05, 0.1) is 0 Å². The summed E-state index contributed by atoms with van der Waals surface area (Å²) >= 11 is 0. The van der Waals surface area contributed by atoms with Crippen LogP contribution in [0.3, 0.4) is 0 Å². The van der Waals surface area contributed by atoms with Crippen LogP contribution in [0.1, 0.15) is 18.9 Å². The van der Waals surface area contributed by atoms with Gasteiger partial charge in [0.15, 0.2) is 5.65 Å². The number of aromatic amines is 1. The van der Waals surface area contributed by atoms with Gasteiger partial charge in [0.25, 0.3) is 0 Å². The van der Waals surface area contributed by atoms with E-state index in [9.17, 15) is 4.79 Å². The number of hydrogen-bond acceptors (Lipinski definition) is 6. The quantitative estimate of drug-likeness (QED) is 0.733. The molecular weight excluding hydrogens is 296 g/mol. The first-order chi connectivity index (χ1) is 11.2. The first-order valence-electron chi connectivity index (χ1n) is 7.50. The second-order valence-corrected chi connectivity index (χ2v) is 5.51. The topological polar surface area (TPSA) is 112 Å². The van der Waals surface area contributed by atoms with Crippen molar-refractivity contribution < 1.29 is 4.74 Å². The van der Waals surface area contributed by atoms with E-state index in [1.807, 2.05) is 12.1 Å². The van der Waals surface area contributed by atoms with E-state index in [1.54, 1.807) is 17.0 Å². The van der Waals surface area contributed by atoms with Crippen LogP contribution in [-0.2, 0) is 4.74 Å². The van der Waals surface area contributed by atoms with Gasteiger partial charge in [-0.3, -0.25) is 9.55 Å². The van der Waals surface area contributed by atoms with E-state index in [2.05, 4.69) is 19.9 Å². The number of anilines is 1. The molecule has 0 radical (unpaired) electrons. The maximum Gasteiger partial charge on any atom is 0.327 e. The summed E-state index contributed by atoms with van der Waals surface area (Å²) < 4.78 is 7.06. The lowest BCUT2D eigenvalue weighted by Crippen LogP contribution is -2.27. The number of fused-ring (bicyclic) bond motifs is 1. The molecule has 0 unspecified atom stereocenters. The molecule has 0 saturated carbocycles. The fourth-order valence-electron chi connectivity index (χ4n) is 3.02. The summed E-state index contributed by atoms with van der Waals surface area (Å²) in [6.07, 6.45) is 4.91. The Kier molecular flexibility index (Phi) is 3.30. The van der Waals surface area contributed by atoms with Crippen LogP contribution in [0.25, 0.3) is 22.4 Å². The van der Waals surface area contributed by atoms with Crippen LogP contribution in [0, 0.1) is 0 Å². The molecule has 0 aliphatic carbocycles. The van der Waals surface area contributed by atoms with Gasteiger partial charge < -0.3 is 15.5 Å². The third-order valence-corrected chi connectivity index (χ3v) is 4.10. The van der Waals surface area contributed by atoms with Crippen molar-refractivity contribution in [2.75, 3.05) is 18.9 Å². The van der Waals surface area contributed by atoms with Crippen molar-refractivity contribution in [2.24, 2.45) is 0 Å². The minimum atomic E-state index is -0.192. The molecular formula is C15H16N6O2. The van der Waals surface area contributed by atoms with Crippen molar-refractivity contribution in [1.82, 2.24) is 24.5 Å². The van der Waals surface area contributed by atoms with Crippen molar-refractivity contribution in [2.45, 2.75) is 18.9 Å². The fraction of sp³-hybridized carbons (Fsp3) is 0.333. The van der Waals surface area contributed by atoms with E-state index in [0.717, 1.165) is 18.4 Å². The Balaban J connectivity index is 1.95. The maximum atomic E-state index is 12.5. The molecule has 23 heavy (non-hydrogen) atoms. The molecule has 0 amide bonds. The zero-order chi connectivity index (χ0) is 15.8. The van der Waals surface area contributed by atoms with Crippen molar-refractivity contribution >= 4 is 17.1 Å². The van der Waals surface area contributed by atoms with Gasteiger partial charge in [0.2, 0.25) is 5.95 Å². The van der Waals surface area contributed by atoms with Crippen molar-refractivity contribution in [3.63, 3.8) is 0 Å². The number of pyridine rings is 1. The van der Waals surface area contributed by atoms with Crippen molar-refractivity contribution in [1.29, 1.82) is 0 Å². The van der Waals surface area contributed by atoms with Crippen LogP contribution in [0.5, 0.6) is 0 Å². The first-order valence-corrected chi connectivity index (χ1v) is 7.50. The van der Waals surface area contributed by atoms with E-state index in [0.29, 0.717) is 30.1 Å². The zero-order valence-corrected chi connectivity index (χ0v) is 12.4. The van der Waals surface area contributed by atoms with Gasteiger partial charge in [0, 0.05) is 37.2 Å². The zero-order valence-electron chi connectivity index (χ0n) is 12.4. The highest BCUT2D eigenvalue weighted by molar-refractivity contribution is 5.88. The Bertz CT molecular complexity index is 895. The van der Waals surface area contributed by atoms with Crippen LogP contribution >= 0.6 is 0 Å². The second-order valence-electron chi connectivity index (χ2n) is 5.51. The predicted octanol–water partition coefficient (Wildman–Crippen LogP) is 1.12. The second kappa shape index (κ2) is 5.47. The van der Waals surface area contributed by atoms with Gasteiger partial charge in [-0.2, -0.15) is 4.98 Å². The van der Waals surface area contributed by atoms with Gasteiger partial charge in [-0.25, -0.2) is 9.78 Å². The molecule has 3 aromatic heterocycles. The molecule has 4 heterocycles. The van der Waals surface area contributed by atoms with Gasteiger partial charge >= 0.3 is 5.69 Å². The molecule has 0 atom stereocenters. The number of hydrogen-bond donors (Lipinski definition) is 2. The van der Waals surface area contributed by atoms with Crippen molar-refractivity contribution in [3.05, 3.63) is 35.0 Å². The fourth-order valence-corrected chi connectivity index (χ4v) is 3.02. The maximum absolute atomic E-state index is 12.5. The highest BCUT2D eigenvalue weighted by Crippen LogP contribution is 2.28. The normalized spacial score (nSPS) is 16.0. The molecule has 3 aromatic rings. The van der Waals surface area contributed by atoms with Gasteiger partial charge in [0.1, 0.15) is 11.2 Å². The summed E-state index contributed by atoms with van der Waals surface area (Å²) in [5.74, 6) is 0.143. The molecule has 1 aliphatic rings. The summed E-state index contributed by atoms with van der Waals surface area (Å²) in [5, 5.41) is 0. The number of imidazole rings is 1. The minimum absolute atomic E-state index is 0.0598. The van der Waals surface area contributed by atoms with Gasteiger partial charge in [-0.15, -0.1) is 0 Å². The molecule has 3 N–H and O–H groups in total. The summed E-state index contributed by atoms with van der Waals surface area (Å²) in [6.45, 7) is 1.28. The van der Waals surface area contributed by atoms with E-state index in [4.69, 9.17) is 10.5 Å². The standard InChI is InChI=1S/C15H16N6O2/c16-14-18-11(9-1-5-17-6-2-9)12-13(20-14)21(15(22)19-12)10-3-7-23-8-4-10/h1-2,5-6,10H,3-4,7-8H2,(H,19,22)(H2,16,18,20). The van der Waals surface area contributed by atoms with E-state index in [-0.39, 0.29) is 17.7 Å². The third-order valence-electron chi connectivity index (χ3n) is 4.10. The minimum Gasteiger partial charge on any atom is -0.381 e. The lowest BCUT2D eigenvalue weighted by atomic mass is 10.1. The Morgan fingerprint density at radius 2 is 1.96 bits per heavy atom.